The Bertz CT molecular complexity index is 591. The third kappa shape index (κ3) is 3.13. The summed E-state index contributed by atoms with van der Waals surface area (Å²) >= 11 is 0. The molecule has 1 aliphatic rings. The Labute approximate surface area is 124 Å². The lowest BCUT2D eigenvalue weighted by Crippen LogP contribution is -2.42. The van der Waals surface area contributed by atoms with E-state index < -0.39 is 0 Å². The number of nitrogens with one attached hydrogen (secondary N) is 3. The molecule has 1 fully saturated rings. The van der Waals surface area contributed by atoms with Crippen LogP contribution in [-0.2, 0) is 11.3 Å². The number of aromatic amines is 1. The Balaban J connectivity index is 1.57. The molecule has 1 aromatic heterocycles. The number of amides is 1. The van der Waals surface area contributed by atoms with E-state index in [9.17, 15) is 4.79 Å². The number of H-pyrrole nitrogens is 1. The first-order chi connectivity index (χ1) is 10.2. The summed E-state index contributed by atoms with van der Waals surface area (Å²) in [4.78, 5) is 12.1. The van der Waals surface area contributed by atoms with Crippen molar-refractivity contribution in [3.63, 3.8) is 0 Å². The molecule has 5 nitrogen and oxygen atoms in total. The molecule has 21 heavy (non-hydrogen) atoms. The highest BCUT2D eigenvalue weighted by atomic mass is 16.2. The van der Waals surface area contributed by atoms with Crippen molar-refractivity contribution in [2.24, 2.45) is 5.92 Å². The minimum Gasteiger partial charge on any atom is -0.351 e. The molecule has 1 aromatic carbocycles. The van der Waals surface area contributed by atoms with Gasteiger partial charge in [-0.15, -0.1) is 0 Å². The third-order valence-electron chi connectivity index (χ3n) is 4.05. The van der Waals surface area contributed by atoms with Crippen molar-refractivity contribution in [3.05, 3.63) is 42.1 Å². The fraction of sp³-hybridized carbons (Fsp3) is 0.375. The minimum atomic E-state index is -0.0470. The first-order valence-electron chi connectivity index (χ1n) is 7.34. The molecule has 110 valence electrons. The van der Waals surface area contributed by atoms with Gasteiger partial charge in [0.2, 0.25) is 5.91 Å². The van der Waals surface area contributed by atoms with Gasteiger partial charge in [-0.1, -0.05) is 31.2 Å². The van der Waals surface area contributed by atoms with Gasteiger partial charge in [0.05, 0.1) is 11.7 Å². The van der Waals surface area contributed by atoms with Crippen LogP contribution in [0, 0.1) is 5.92 Å². The van der Waals surface area contributed by atoms with Gasteiger partial charge in [-0.3, -0.25) is 9.89 Å². The monoisotopic (exact) mass is 284 g/mol. The van der Waals surface area contributed by atoms with Crippen molar-refractivity contribution >= 4 is 5.91 Å². The van der Waals surface area contributed by atoms with Crippen LogP contribution in [0.2, 0.25) is 0 Å². The largest absolute Gasteiger partial charge is 0.351 e. The summed E-state index contributed by atoms with van der Waals surface area (Å²) in [6.07, 6.45) is 2.80. The fourth-order valence-corrected chi connectivity index (χ4v) is 2.70. The van der Waals surface area contributed by atoms with Crippen molar-refractivity contribution in [2.75, 3.05) is 6.54 Å². The van der Waals surface area contributed by atoms with Crippen LogP contribution in [0.3, 0.4) is 0 Å². The molecule has 1 aliphatic heterocycles. The van der Waals surface area contributed by atoms with Crippen LogP contribution in [-0.4, -0.2) is 28.7 Å². The van der Waals surface area contributed by atoms with Crippen molar-refractivity contribution < 1.29 is 4.79 Å². The first kappa shape index (κ1) is 13.8. The van der Waals surface area contributed by atoms with E-state index in [1.807, 2.05) is 30.3 Å². The molecule has 2 unspecified atom stereocenters. The molecule has 1 amide bonds. The second-order valence-corrected chi connectivity index (χ2v) is 5.58. The summed E-state index contributed by atoms with van der Waals surface area (Å²) < 4.78 is 0. The highest BCUT2D eigenvalue weighted by Crippen LogP contribution is 2.17. The number of hydrogen-bond donors (Lipinski definition) is 3. The molecule has 3 N–H and O–H groups in total. The molecule has 2 heterocycles. The van der Waals surface area contributed by atoms with Crippen LogP contribution >= 0.6 is 0 Å². The Hall–Kier alpha value is -2.14. The average Bonchev–Trinajstić information content (AvgIpc) is 3.16. The highest BCUT2D eigenvalue weighted by Gasteiger charge is 2.28. The Morgan fingerprint density at radius 1 is 1.33 bits per heavy atom. The Kier molecular flexibility index (Phi) is 4.01. The highest BCUT2D eigenvalue weighted by molar-refractivity contribution is 5.82. The van der Waals surface area contributed by atoms with Gasteiger partial charge in [0, 0.05) is 12.7 Å². The average molecular weight is 284 g/mol. The van der Waals surface area contributed by atoms with E-state index in [0.717, 1.165) is 29.8 Å². The van der Waals surface area contributed by atoms with E-state index in [1.54, 1.807) is 6.20 Å². The lowest BCUT2D eigenvalue weighted by atomic mass is 10.0. The van der Waals surface area contributed by atoms with E-state index in [2.05, 4.69) is 27.8 Å². The predicted molar refractivity (Wildman–Crippen MR) is 81.4 cm³/mol. The molecule has 2 aromatic rings. The quantitative estimate of drug-likeness (QED) is 0.800. The molecule has 0 spiro atoms. The normalized spacial score (nSPS) is 21.4. The van der Waals surface area contributed by atoms with Gasteiger partial charge in [0.1, 0.15) is 0 Å². The van der Waals surface area contributed by atoms with E-state index in [0.29, 0.717) is 12.5 Å². The molecule has 5 heteroatoms. The number of hydrogen-bond acceptors (Lipinski definition) is 3. The van der Waals surface area contributed by atoms with Crippen LogP contribution in [0.5, 0.6) is 0 Å². The van der Waals surface area contributed by atoms with E-state index in [-0.39, 0.29) is 11.9 Å². The summed E-state index contributed by atoms with van der Waals surface area (Å²) in [6, 6.07) is 10.0. The topological polar surface area (TPSA) is 69.8 Å². The molecule has 0 aliphatic carbocycles. The van der Waals surface area contributed by atoms with Crippen LogP contribution < -0.4 is 10.6 Å². The number of aromatic nitrogens is 2. The Morgan fingerprint density at radius 3 is 2.76 bits per heavy atom. The maximum atomic E-state index is 12.1. The second kappa shape index (κ2) is 6.10. The van der Waals surface area contributed by atoms with Gasteiger partial charge in [-0.2, -0.15) is 5.10 Å². The summed E-state index contributed by atoms with van der Waals surface area (Å²) in [5.41, 5.74) is 3.18. The molecule has 0 saturated carbocycles. The zero-order valence-corrected chi connectivity index (χ0v) is 12.1. The lowest BCUT2D eigenvalue weighted by molar-refractivity contribution is -0.123. The number of carbonyl (C=O) groups excluding carboxylic acids is 1. The van der Waals surface area contributed by atoms with Gasteiger partial charge in [0.25, 0.3) is 0 Å². The number of rotatable bonds is 4. The molecular weight excluding hydrogens is 264 g/mol. The van der Waals surface area contributed by atoms with Crippen LogP contribution in [0.4, 0.5) is 0 Å². The summed E-state index contributed by atoms with van der Waals surface area (Å²) in [5.74, 6) is 0.505. The van der Waals surface area contributed by atoms with Gasteiger partial charge < -0.3 is 10.6 Å². The minimum absolute atomic E-state index is 0.0470. The van der Waals surface area contributed by atoms with Gasteiger partial charge in [0.15, 0.2) is 0 Å². The maximum Gasteiger partial charge on any atom is 0.237 e. The molecule has 0 bridgehead atoms. The molecule has 2 atom stereocenters. The van der Waals surface area contributed by atoms with E-state index in [4.69, 9.17) is 0 Å². The fourth-order valence-electron chi connectivity index (χ4n) is 2.70. The second-order valence-electron chi connectivity index (χ2n) is 5.58. The third-order valence-corrected chi connectivity index (χ3v) is 4.05. The maximum absolute atomic E-state index is 12.1. The van der Waals surface area contributed by atoms with Crippen molar-refractivity contribution in [2.45, 2.75) is 25.9 Å². The van der Waals surface area contributed by atoms with Crippen molar-refractivity contribution in [1.82, 2.24) is 20.8 Å². The van der Waals surface area contributed by atoms with Gasteiger partial charge in [-0.05, 0) is 36.1 Å². The standard InChI is InChI=1S/C16H20N4O/c1-11-6-8-17-15(11)16(21)18-10-12-2-4-13(5-3-12)14-7-9-19-20-14/h2-5,7,9,11,15,17H,6,8,10H2,1H3,(H,18,21)(H,19,20). The zero-order valence-electron chi connectivity index (χ0n) is 12.1. The smallest absolute Gasteiger partial charge is 0.237 e. The van der Waals surface area contributed by atoms with Crippen LogP contribution in [0.1, 0.15) is 18.9 Å². The van der Waals surface area contributed by atoms with Gasteiger partial charge in [-0.25, -0.2) is 0 Å². The zero-order chi connectivity index (χ0) is 14.7. The summed E-state index contributed by atoms with van der Waals surface area (Å²) in [5, 5.41) is 13.1. The molecule has 3 rings (SSSR count). The number of benzene rings is 1. The number of nitrogens with zero attached hydrogens (tertiary/aromatic N) is 1. The summed E-state index contributed by atoms with van der Waals surface area (Å²) in [6.45, 7) is 3.61. The molecule has 0 radical (unpaired) electrons. The van der Waals surface area contributed by atoms with Crippen LogP contribution in [0.25, 0.3) is 11.3 Å². The summed E-state index contributed by atoms with van der Waals surface area (Å²) in [7, 11) is 0. The van der Waals surface area contributed by atoms with E-state index in [1.165, 1.54) is 0 Å². The SMILES string of the molecule is CC1CCNC1C(=O)NCc1ccc(-c2ccn[nH]2)cc1. The molecular formula is C16H20N4O. The Morgan fingerprint density at radius 2 is 2.14 bits per heavy atom. The van der Waals surface area contributed by atoms with E-state index >= 15 is 0 Å². The molecule has 1 saturated heterocycles. The first-order valence-corrected chi connectivity index (χ1v) is 7.34. The number of carbonyl (C=O) groups is 1. The van der Waals surface area contributed by atoms with Crippen molar-refractivity contribution in [3.8, 4) is 11.3 Å². The van der Waals surface area contributed by atoms with Crippen LogP contribution in [0.15, 0.2) is 36.5 Å². The van der Waals surface area contributed by atoms with Gasteiger partial charge >= 0.3 is 0 Å². The lowest BCUT2D eigenvalue weighted by Gasteiger charge is -2.15. The predicted octanol–water partition coefficient (Wildman–Crippen LogP) is 1.69. The van der Waals surface area contributed by atoms with Crippen molar-refractivity contribution in [1.29, 1.82) is 0 Å².